The summed E-state index contributed by atoms with van der Waals surface area (Å²) in [5, 5.41) is 20.9. The highest BCUT2D eigenvalue weighted by Gasteiger charge is 2.25. The zero-order chi connectivity index (χ0) is 17.4. The molecule has 0 aliphatic heterocycles. The molecule has 0 fully saturated rings. The molecule has 8 nitrogen and oxygen atoms in total. The Morgan fingerprint density at radius 2 is 1.91 bits per heavy atom. The number of Topliss-reactive ketones (excluding diaryl/α,β-unsaturated/α-hetero) is 1. The number of carboxylic acids is 1. The molecule has 3 N–H and O–H groups in total. The average molecular weight is 323 g/mol. The van der Waals surface area contributed by atoms with Gasteiger partial charge in [-0.15, -0.1) is 0 Å². The topological polar surface area (TPSA) is 140 Å². The van der Waals surface area contributed by atoms with Crippen LogP contribution in [0, 0.1) is 5.82 Å². The van der Waals surface area contributed by atoms with E-state index >= 15 is 0 Å². The van der Waals surface area contributed by atoms with Crippen molar-refractivity contribution in [2.75, 3.05) is 0 Å². The summed E-state index contributed by atoms with van der Waals surface area (Å²) in [4.78, 5) is 36.6. The first-order valence-corrected chi connectivity index (χ1v) is 6.52. The second-order valence-corrected chi connectivity index (χ2v) is 4.60. The lowest BCUT2D eigenvalue weighted by atomic mass is 10.1. The number of rotatable bonds is 8. The third-order valence-electron chi connectivity index (χ3n) is 2.93. The normalized spacial score (nSPS) is 12.6. The molecule has 0 spiro atoms. The fourth-order valence-corrected chi connectivity index (χ4v) is 1.72. The van der Waals surface area contributed by atoms with Crippen molar-refractivity contribution in [3.8, 4) is 0 Å². The molecule has 0 radical (unpaired) electrons. The number of aliphatic carboxylic acids is 1. The molecule has 2 atom stereocenters. The molecule has 1 aromatic carbocycles. The van der Waals surface area contributed by atoms with E-state index in [9.17, 15) is 23.9 Å². The van der Waals surface area contributed by atoms with E-state index in [2.05, 4.69) is 10.1 Å². The number of carbonyl (C=O) groups excluding carboxylic acids is 2. The van der Waals surface area contributed by atoms with Crippen molar-refractivity contribution in [1.82, 2.24) is 5.32 Å². The number of amides is 1. The van der Waals surface area contributed by atoms with Gasteiger partial charge >= 0.3 is 12.2 Å². The number of nitrogens with zero attached hydrogens (tertiary/aromatic N) is 2. The summed E-state index contributed by atoms with van der Waals surface area (Å²) in [7, 11) is 0. The molecule has 23 heavy (non-hydrogen) atoms. The minimum absolute atomic E-state index is 0.0940. The van der Waals surface area contributed by atoms with Crippen LogP contribution in [0.4, 0.5) is 4.39 Å². The van der Waals surface area contributed by atoms with Gasteiger partial charge in [0.15, 0.2) is 6.10 Å². The summed E-state index contributed by atoms with van der Waals surface area (Å²) in [5.41, 5.74) is 8.27. The lowest BCUT2D eigenvalue weighted by Crippen LogP contribution is -2.43. The first-order valence-electron chi connectivity index (χ1n) is 6.52. The summed E-state index contributed by atoms with van der Waals surface area (Å²) in [6.07, 6.45) is -1.57. The Morgan fingerprint density at radius 3 is 2.43 bits per heavy atom. The Kier molecular flexibility index (Phi) is 6.72. The largest absolute Gasteiger partial charge is 0.480 e. The second kappa shape index (κ2) is 8.52. The highest BCUT2D eigenvalue weighted by Crippen LogP contribution is 2.14. The molecular weight excluding hydrogens is 309 g/mol. The first-order chi connectivity index (χ1) is 10.8. The number of carbonyl (C=O) groups is 3. The molecule has 1 rings (SSSR count). The number of hydrogen-bond donors (Lipinski definition) is 3. The number of hydrogen-bond acceptors (Lipinski definition) is 4. The summed E-state index contributed by atoms with van der Waals surface area (Å²) >= 11 is 0. The molecule has 122 valence electrons. The van der Waals surface area contributed by atoms with Crippen LogP contribution in [-0.4, -0.2) is 44.9 Å². The van der Waals surface area contributed by atoms with Crippen molar-refractivity contribution >= 4 is 23.9 Å². The van der Waals surface area contributed by atoms with E-state index in [4.69, 9.17) is 10.6 Å². The maximum Gasteiger partial charge on any atom is 0.326 e. The number of ketones is 1. The maximum atomic E-state index is 12.8. The van der Waals surface area contributed by atoms with Gasteiger partial charge in [0.25, 0.3) is 5.91 Å². The third kappa shape index (κ3) is 5.77. The molecule has 0 aliphatic rings. The fraction of sp³-hybridized carbons (Fsp3) is 0.286. The molecule has 0 aromatic heterocycles. The number of benzene rings is 1. The van der Waals surface area contributed by atoms with Crippen molar-refractivity contribution in [2.45, 2.75) is 25.0 Å². The van der Waals surface area contributed by atoms with E-state index in [-0.39, 0.29) is 18.4 Å². The number of nitrogens with one attached hydrogen (secondary N) is 1. The van der Waals surface area contributed by atoms with Gasteiger partial charge in [0.1, 0.15) is 11.9 Å². The smallest absolute Gasteiger partial charge is 0.326 e. The van der Waals surface area contributed by atoms with Crippen molar-refractivity contribution in [3.05, 3.63) is 41.2 Å². The maximum absolute atomic E-state index is 12.8. The summed E-state index contributed by atoms with van der Waals surface area (Å²) in [6, 6.07) is 3.07. The number of carboxylic acid groups (broad SMARTS) is 1. The lowest BCUT2D eigenvalue weighted by molar-refractivity contribution is -0.143. The highest BCUT2D eigenvalue weighted by atomic mass is 19.1. The van der Waals surface area contributed by atoms with Gasteiger partial charge in [-0.25, -0.2) is 9.18 Å². The van der Waals surface area contributed by atoms with E-state index in [0.29, 0.717) is 6.21 Å². The van der Waals surface area contributed by atoms with Gasteiger partial charge < -0.3 is 21.1 Å². The van der Waals surface area contributed by atoms with Gasteiger partial charge in [-0.05, 0) is 24.1 Å². The van der Waals surface area contributed by atoms with Crippen LogP contribution < -0.4 is 5.32 Å². The highest BCUT2D eigenvalue weighted by molar-refractivity contribution is 6.25. The van der Waals surface area contributed by atoms with E-state index in [1.54, 1.807) is 0 Å². The molecule has 1 amide bonds. The number of halogens is 1. The van der Waals surface area contributed by atoms with E-state index < -0.39 is 35.6 Å². The van der Waals surface area contributed by atoms with Crippen LogP contribution in [-0.2, 0) is 14.4 Å². The molecule has 0 saturated heterocycles. The molecule has 0 saturated carbocycles. The van der Waals surface area contributed by atoms with Crippen LogP contribution in [0.15, 0.2) is 24.3 Å². The Balaban J connectivity index is 2.69. The van der Waals surface area contributed by atoms with Crippen LogP contribution in [0.1, 0.15) is 24.5 Å². The van der Waals surface area contributed by atoms with Crippen LogP contribution in [0.3, 0.4) is 0 Å². The first kappa shape index (κ1) is 18.1. The molecule has 2 unspecified atom stereocenters. The minimum atomic E-state index is -1.67. The van der Waals surface area contributed by atoms with Crippen LogP contribution in [0.2, 0.25) is 0 Å². The third-order valence-corrected chi connectivity index (χ3v) is 2.93. The summed E-state index contributed by atoms with van der Waals surface area (Å²) < 4.78 is 12.8. The molecule has 0 bridgehead atoms. The quantitative estimate of drug-likeness (QED) is 0.353. The van der Waals surface area contributed by atoms with E-state index in [1.807, 2.05) is 0 Å². The number of aliphatic hydroxyl groups excluding tert-OH is 1. The van der Waals surface area contributed by atoms with Crippen molar-refractivity contribution < 1.29 is 33.8 Å². The van der Waals surface area contributed by atoms with Gasteiger partial charge in [-0.2, -0.15) is 4.79 Å². The Morgan fingerprint density at radius 1 is 1.30 bits per heavy atom. The van der Waals surface area contributed by atoms with E-state index in [0.717, 1.165) is 12.1 Å². The summed E-state index contributed by atoms with van der Waals surface area (Å²) in [5.74, 6) is -3.55. The molecule has 1 aromatic rings. The second-order valence-electron chi connectivity index (χ2n) is 4.60. The van der Waals surface area contributed by atoms with Crippen molar-refractivity contribution in [1.29, 1.82) is 0 Å². The number of aliphatic hydroxyl groups is 1. The average Bonchev–Trinajstić information content (AvgIpc) is 2.51. The molecule has 0 aliphatic carbocycles. The van der Waals surface area contributed by atoms with Crippen molar-refractivity contribution in [3.63, 3.8) is 0 Å². The Hall–Kier alpha value is -2.90. The minimum Gasteiger partial charge on any atom is -0.480 e. The van der Waals surface area contributed by atoms with Gasteiger partial charge in [0.05, 0.1) is 0 Å². The summed E-state index contributed by atoms with van der Waals surface area (Å²) in [6.45, 7) is 0. The SMILES string of the molecule is [N-]=[N+]=CC(=O)CCC(NC(=O)C(O)c1ccc(F)cc1)C(=O)O. The van der Waals surface area contributed by atoms with Gasteiger partial charge in [0.2, 0.25) is 5.78 Å². The van der Waals surface area contributed by atoms with Crippen LogP contribution in [0.25, 0.3) is 5.53 Å². The molecule has 9 heteroatoms. The van der Waals surface area contributed by atoms with Gasteiger partial charge in [-0.3, -0.25) is 9.59 Å². The lowest BCUT2D eigenvalue weighted by Gasteiger charge is -2.17. The predicted octanol–water partition coefficient (Wildman–Crippen LogP) is 0.0784. The van der Waals surface area contributed by atoms with Crippen LogP contribution >= 0.6 is 0 Å². The Labute approximate surface area is 130 Å². The fourth-order valence-electron chi connectivity index (χ4n) is 1.72. The molecule has 0 heterocycles. The zero-order valence-electron chi connectivity index (χ0n) is 11.8. The monoisotopic (exact) mass is 323 g/mol. The van der Waals surface area contributed by atoms with Crippen LogP contribution in [0.5, 0.6) is 0 Å². The molecular formula is C14H14FN3O5. The van der Waals surface area contributed by atoms with Gasteiger partial charge in [0, 0.05) is 6.42 Å². The standard InChI is InChI=1S/C14H14FN3O5/c15-9-3-1-8(2-4-9)12(20)13(21)18-11(14(22)23)6-5-10(19)7-17-16/h1-4,7,11-12,20H,5-6H2,(H,18,21)(H,22,23). The van der Waals surface area contributed by atoms with Crippen molar-refractivity contribution in [2.24, 2.45) is 0 Å². The zero-order valence-corrected chi connectivity index (χ0v) is 11.8. The van der Waals surface area contributed by atoms with E-state index in [1.165, 1.54) is 12.1 Å². The Bertz CT molecular complexity index is 640. The predicted molar refractivity (Wildman–Crippen MR) is 74.9 cm³/mol. The van der Waals surface area contributed by atoms with Gasteiger partial charge in [-0.1, -0.05) is 12.1 Å².